The van der Waals surface area contributed by atoms with E-state index in [1.807, 2.05) is 4.90 Å². The molecule has 1 aliphatic carbocycles. The van der Waals surface area contributed by atoms with Crippen LogP contribution < -0.4 is 9.62 Å². The summed E-state index contributed by atoms with van der Waals surface area (Å²) >= 11 is 18.5. The van der Waals surface area contributed by atoms with E-state index in [2.05, 4.69) is 14.7 Å². The molecule has 0 radical (unpaired) electrons. The van der Waals surface area contributed by atoms with Crippen LogP contribution >= 0.6 is 34.8 Å². The van der Waals surface area contributed by atoms with Gasteiger partial charge in [0.05, 0.1) is 38.0 Å². The zero-order valence-corrected chi connectivity index (χ0v) is 23.2. The van der Waals surface area contributed by atoms with Gasteiger partial charge in [-0.2, -0.15) is 0 Å². The highest BCUT2D eigenvalue weighted by Gasteiger charge is 2.60. The van der Waals surface area contributed by atoms with Crippen molar-refractivity contribution in [2.75, 3.05) is 18.0 Å². The Bertz CT molecular complexity index is 1200. The molecule has 0 bridgehead atoms. The number of halogens is 5. The molecule has 2 aromatic rings. The fourth-order valence-corrected chi connectivity index (χ4v) is 6.43. The van der Waals surface area contributed by atoms with Gasteiger partial charge in [0.2, 0.25) is 5.78 Å². The zero-order valence-electron chi connectivity index (χ0n) is 20.1. The van der Waals surface area contributed by atoms with E-state index in [-0.39, 0.29) is 32.9 Å². The predicted molar refractivity (Wildman–Crippen MR) is 140 cm³/mol. The van der Waals surface area contributed by atoms with E-state index in [1.165, 1.54) is 12.3 Å². The van der Waals surface area contributed by atoms with Crippen molar-refractivity contribution in [3.63, 3.8) is 0 Å². The monoisotopic (exact) mass is 578 g/mol. The Hall–Kier alpha value is -1.39. The number of alkyl halides is 2. The Balaban J connectivity index is 1.50. The van der Waals surface area contributed by atoms with Crippen LogP contribution in [0.2, 0.25) is 15.2 Å². The molecule has 1 saturated carbocycles. The number of hydrogen-bond acceptors (Lipinski definition) is 5. The SMILES string of the molecule is CC(C)(C)S(=O)NC1C(F)(F)CCC12CCN(c1cnc(C(=O)c3cccc(Cl)c3Cl)c(Cl)n1)CC2. The second-order valence-electron chi connectivity index (χ2n) is 10.3. The summed E-state index contributed by atoms with van der Waals surface area (Å²) in [5, 5.41) is 0.264. The number of anilines is 1. The first-order valence-electron chi connectivity index (χ1n) is 11.6. The van der Waals surface area contributed by atoms with Gasteiger partial charge in [-0.05, 0) is 57.6 Å². The maximum atomic E-state index is 14.9. The molecule has 0 amide bonds. The maximum Gasteiger partial charge on any atom is 0.264 e. The third-order valence-corrected chi connectivity index (χ3v) is 9.63. The van der Waals surface area contributed by atoms with Gasteiger partial charge in [0.15, 0.2) is 5.15 Å². The first-order chi connectivity index (χ1) is 16.7. The minimum absolute atomic E-state index is 0.0533. The molecule has 1 aromatic carbocycles. The molecule has 1 saturated heterocycles. The van der Waals surface area contributed by atoms with Crippen molar-refractivity contribution in [3.05, 3.63) is 50.9 Å². The summed E-state index contributed by atoms with van der Waals surface area (Å²) < 4.78 is 44.5. The van der Waals surface area contributed by atoms with Gasteiger partial charge in [-0.25, -0.2) is 27.7 Å². The summed E-state index contributed by atoms with van der Waals surface area (Å²) in [5.74, 6) is -2.98. The molecule has 1 aromatic heterocycles. The summed E-state index contributed by atoms with van der Waals surface area (Å²) in [4.78, 5) is 23.4. The van der Waals surface area contributed by atoms with E-state index in [0.717, 1.165) is 0 Å². The van der Waals surface area contributed by atoms with Crippen molar-refractivity contribution in [1.82, 2.24) is 14.7 Å². The van der Waals surface area contributed by atoms with Crippen molar-refractivity contribution < 1.29 is 17.8 Å². The van der Waals surface area contributed by atoms with Crippen LogP contribution in [0.1, 0.15) is 62.5 Å². The van der Waals surface area contributed by atoms with Crippen LogP contribution in [0.15, 0.2) is 24.4 Å². The van der Waals surface area contributed by atoms with Crippen molar-refractivity contribution in [3.8, 4) is 0 Å². The van der Waals surface area contributed by atoms with E-state index < -0.39 is 38.9 Å². The molecule has 2 heterocycles. The number of aromatic nitrogens is 2. The average molecular weight is 580 g/mol. The lowest BCUT2D eigenvalue weighted by Crippen LogP contribution is -2.56. The second kappa shape index (κ2) is 10.1. The van der Waals surface area contributed by atoms with E-state index in [9.17, 15) is 17.8 Å². The molecule has 12 heteroatoms. The molecule has 1 aliphatic heterocycles. The molecule has 6 nitrogen and oxygen atoms in total. The van der Waals surface area contributed by atoms with Crippen molar-refractivity contribution >= 4 is 57.4 Å². The standard InChI is InChI=1S/C24H27Cl3F2N4O2S/c1-22(2,3)36(35)32-21-23(7-8-24(21,28)29)9-11-33(12-10-23)16-13-30-18(20(27)31-16)19(34)14-5-4-6-15(25)17(14)26/h4-6,13,21,32H,7-12H2,1-3H3. The summed E-state index contributed by atoms with van der Waals surface area (Å²) in [7, 11) is -1.61. The van der Waals surface area contributed by atoms with Crippen LogP contribution in [-0.4, -0.2) is 49.8 Å². The molecule has 2 atom stereocenters. The van der Waals surface area contributed by atoms with Gasteiger partial charge in [-0.3, -0.25) is 4.79 Å². The number of nitrogens with one attached hydrogen (secondary N) is 1. The van der Waals surface area contributed by atoms with Crippen LogP contribution in [0.5, 0.6) is 0 Å². The molecule has 4 rings (SSSR count). The lowest BCUT2D eigenvalue weighted by Gasteiger charge is -2.44. The van der Waals surface area contributed by atoms with Gasteiger partial charge in [0.25, 0.3) is 5.92 Å². The Morgan fingerprint density at radius 1 is 1.14 bits per heavy atom. The Kier molecular flexibility index (Phi) is 7.72. The van der Waals surface area contributed by atoms with E-state index in [1.54, 1.807) is 32.9 Å². The highest BCUT2D eigenvalue weighted by molar-refractivity contribution is 7.84. The number of ketones is 1. The normalized spacial score (nSPS) is 22.1. The summed E-state index contributed by atoms with van der Waals surface area (Å²) in [5.41, 5.74) is -0.555. The average Bonchev–Trinajstić information content (AvgIpc) is 3.05. The van der Waals surface area contributed by atoms with Gasteiger partial charge < -0.3 is 4.90 Å². The van der Waals surface area contributed by atoms with E-state index in [4.69, 9.17) is 34.8 Å². The number of hydrogen-bond donors (Lipinski definition) is 1. The van der Waals surface area contributed by atoms with E-state index in [0.29, 0.717) is 38.2 Å². The lowest BCUT2D eigenvalue weighted by molar-refractivity contribution is -0.0339. The van der Waals surface area contributed by atoms with Gasteiger partial charge >= 0.3 is 0 Å². The van der Waals surface area contributed by atoms with Gasteiger partial charge in [-0.1, -0.05) is 40.9 Å². The number of carbonyl (C=O) groups is 1. The minimum Gasteiger partial charge on any atom is -0.355 e. The Morgan fingerprint density at radius 2 is 1.81 bits per heavy atom. The van der Waals surface area contributed by atoms with Crippen molar-refractivity contribution in [2.45, 2.75) is 63.2 Å². The largest absolute Gasteiger partial charge is 0.355 e. The molecular weight excluding hydrogens is 553 g/mol. The number of benzene rings is 1. The first-order valence-corrected chi connectivity index (χ1v) is 13.9. The molecule has 2 fully saturated rings. The first kappa shape index (κ1) is 27.6. The molecular formula is C24H27Cl3F2N4O2S. The maximum absolute atomic E-state index is 14.9. The molecule has 196 valence electrons. The van der Waals surface area contributed by atoms with Gasteiger partial charge in [0.1, 0.15) is 11.5 Å². The highest BCUT2D eigenvalue weighted by atomic mass is 35.5. The second-order valence-corrected chi connectivity index (χ2v) is 13.5. The van der Waals surface area contributed by atoms with Crippen molar-refractivity contribution in [1.29, 1.82) is 0 Å². The minimum atomic E-state index is -2.93. The summed E-state index contributed by atoms with van der Waals surface area (Å²) in [6, 6.07) is 3.54. The molecule has 36 heavy (non-hydrogen) atoms. The summed E-state index contributed by atoms with van der Waals surface area (Å²) in [6.45, 7) is 6.19. The van der Waals surface area contributed by atoms with Gasteiger partial charge in [0, 0.05) is 25.1 Å². The Morgan fingerprint density at radius 3 is 2.42 bits per heavy atom. The van der Waals surface area contributed by atoms with Gasteiger partial charge in [-0.15, -0.1) is 0 Å². The number of piperidine rings is 1. The number of nitrogens with zero attached hydrogens (tertiary/aromatic N) is 3. The highest BCUT2D eigenvalue weighted by Crippen LogP contribution is 2.53. The summed E-state index contributed by atoms with van der Waals surface area (Å²) in [6.07, 6.45) is 2.51. The topological polar surface area (TPSA) is 75.2 Å². The third kappa shape index (κ3) is 5.27. The fourth-order valence-electron chi connectivity index (χ4n) is 4.84. The predicted octanol–water partition coefficient (Wildman–Crippen LogP) is 6.10. The van der Waals surface area contributed by atoms with Crippen LogP contribution in [-0.2, 0) is 11.0 Å². The quantitative estimate of drug-likeness (QED) is 0.433. The molecule has 2 unspecified atom stereocenters. The van der Waals surface area contributed by atoms with E-state index >= 15 is 0 Å². The van der Waals surface area contributed by atoms with Crippen LogP contribution in [0.4, 0.5) is 14.6 Å². The third-order valence-electron chi connectivity index (χ3n) is 6.98. The Labute approximate surface area is 226 Å². The molecule has 1 spiro atoms. The zero-order chi connectivity index (χ0) is 26.5. The van der Waals surface area contributed by atoms with Crippen LogP contribution in [0, 0.1) is 5.41 Å². The number of rotatable bonds is 5. The number of carbonyl (C=O) groups excluding carboxylic acids is 1. The molecule has 2 aliphatic rings. The van der Waals surface area contributed by atoms with Crippen LogP contribution in [0.3, 0.4) is 0 Å². The fraction of sp³-hybridized carbons (Fsp3) is 0.542. The lowest BCUT2D eigenvalue weighted by atomic mass is 9.74. The smallest absolute Gasteiger partial charge is 0.264 e. The molecule has 1 N–H and O–H groups in total. The van der Waals surface area contributed by atoms with Crippen molar-refractivity contribution in [2.24, 2.45) is 5.41 Å². The van der Waals surface area contributed by atoms with Crippen LogP contribution in [0.25, 0.3) is 0 Å².